The van der Waals surface area contributed by atoms with Crippen LogP contribution in [0, 0.1) is 13.8 Å². The van der Waals surface area contributed by atoms with Gasteiger partial charge in [0, 0.05) is 0 Å². The van der Waals surface area contributed by atoms with Gasteiger partial charge in [-0.05, 0) is 38.0 Å². The monoisotopic (exact) mass is 174 g/mol. The van der Waals surface area contributed by atoms with Gasteiger partial charge in [0.25, 0.3) is 0 Å². The number of rotatable bonds is 2. The second-order valence-electron chi connectivity index (χ2n) is 3.43. The molecule has 68 valence electrons. The van der Waals surface area contributed by atoms with Crippen LogP contribution in [0.5, 0.6) is 0 Å². The maximum atomic E-state index is 10.4. The van der Waals surface area contributed by atoms with E-state index in [9.17, 15) is 4.79 Å². The predicted octanol–water partition coefficient (Wildman–Crippen LogP) is 2.91. The van der Waals surface area contributed by atoms with Crippen LogP contribution < -0.4 is 0 Å². The molecule has 0 atom stereocenters. The molecule has 0 fully saturated rings. The SMILES string of the molecule is CC(C=O)=Cc1cc(C)cc(C)c1. The van der Waals surface area contributed by atoms with E-state index in [1.807, 2.05) is 13.0 Å². The Morgan fingerprint density at radius 2 is 1.69 bits per heavy atom. The summed E-state index contributed by atoms with van der Waals surface area (Å²) in [4.78, 5) is 10.4. The summed E-state index contributed by atoms with van der Waals surface area (Å²) in [5.74, 6) is 0. The van der Waals surface area contributed by atoms with Crippen LogP contribution in [0.4, 0.5) is 0 Å². The van der Waals surface area contributed by atoms with Gasteiger partial charge in [-0.15, -0.1) is 0 Å². The zero-order chi connectivity index (χ0) is 9.84. The molecule has 1 nitrogen and oxygen atoms in total. The number of carbonyl (C=O) groups is 1. The third-order valence-corrected chi connectivity index (χ3v) is 1.82. The maximum absolute atomic E-state index is 10.4. The highest BCUT2D eigenvalue weighted by Crippen LogP contribution is 2.11. The minimum atomic E-state index is 0.755. The van der Waals surface area contributed by atoms with Gasteiger partial charge in [-0.25, -0.2) is 0 Å². The molecule has 0 aromatic heterocycles. The molecule has 0 aliphatic rings. The lowest BCUT2D eigenvalue weighted by Crippen LogP contribution is -1.82. The molecule has 0 heterocycles. The molecule has 1 aromatic rings. The average Bonchev–Trinajstić information content (AvgIpc) is 2.02. The Hall–Kier alpha value is -1.37. The smallest absolute Gasteiger partial charge is 0.145 e. The summed E-state index contributed by atoms with van der Waals surface area (Å²) >= 11 is 0. The molecule has 0 aliphatic heterocycles. The number of hydrogen-bond donors (Lipinski definition) is 0. The Morgan fingerprint density at radius 1 is 1.15 bits per heavy atom. The molecular formula is C12H14O. The normalized spacial score (nSPS) is 11.5. The second kappa shape index (κ2) is 4.04. The molecule has 0 saturated heterocycles. The van der Waals surface area contributed by atoms with Gasteiger partial charge in [-0.2, -0.15) is 0 Å². The van der Waals surface area contributed by atoms with Crippen LogP contribution in [0.25, 0.3) is 6.08 Å². The zero-order valence-electron chi connectivity index (χ0n) is 8.29. The van der Waals surface area contributed by atoms with Crippen molar-refractivity contribution >= 4 is 12.4 Å². The highest BCUT2D eigenvalue weighted by molar-refractivity contribution is 5.80. The number of hydrogen-bond acceptors (Lipinski definition) is 1. The van der Waals surface area contributed by atoms with Crippen LogP contribution in [0.3, 0.4) is 0 Å². The minimum absolute atomic E-state index is 0.755. The summed E-state index contributed by atoms with van der Waals surface area (Å²) in [6.45, 7) is 5.92. The van der Waals surface area contributed by atoms with Crippen LogP contribution in [0.1, 0.15) is 23.6 Å². The van der Waals surface area contributed by atoms with E-state index in [1.54, 1.807) is 0 Å². The summed E-state index contributed by atoms with van der Waals surface area (Å²) in [6, 6.07) is 6.26. The molecule has 0 spiro atoms. The summed E-state index contributed by atoms with van der Waals surface area (Å²) in [6.07, 6.45) is 2.77. The van der Waals surface area contributed by atoms with E-state index in [1.165, 1.54) is 11.1 Å². The number of allylic oxidation sites excluding steroid dienone is 1. The van der Waals surface area contributed by atoms with Crippen molar-refractivity contribution in [3.63, 3.8) is 0 Å². The summed E-state index contributed by atoms with van der Waals surface area (Å²) in [5.41, 5.74) is 4.31. The molecule has 1 aromatic carbocycles. The largest absolute Gasteiger partial charge is 0.298 e. The van der Waals surface area contributed by atoms with Crippen molar-refractivity contribution < 1.29 is 4.79 Å². The zero-order valence-corrected chi connectivity index (χ0v) is 8.29. The maximum Gasteiger partial charge on any atom is 0.145 e. The first-order chi connectivity index (χ1) is 6.11. The fraction of sp³-hybridized carbons (Fsp3) is 0.250. The van der Waals surface area contributed by atoms with Crippen LogP contribution in [-0.2, 0) is 4.79 Å². The lowest BCUT2D eigenvalue weighted by Gasteiger charge is -2.00. The van der Waals surface area contributed by atoms with E-state index < -0.39 is 0 Å². The van der Waals surface area contributed by atoms with E-state index in [0.717, 1.165) is 17.4 Å². The number of aryl methyl sites for hydroxylation is 2. The highest BCUT2D eigenvalue weighted by atomic mass is 16.1. The minimum Gasteiger partial charge on any atom is -0.298 e. The Bertz CT molecular complexity index is 328. The Balaban J connectivity index is 3.08. The van der Waals surface area contributed by atoms with Gasteiger partial charge in [0.05, 0.1) is 0 Å². The topological polar surface area (TPSA) is 17.1 Å². The molecular weight excluding hydrogens is 160 g/mol. The van der Waals surface area contributed by atoms with Gasteiger partial charge in [0.15, 0.2) is 0 Å². The molecule has 1 heteroatoms. The van der Waals surface area contributed by atoms with Crippen molar-refractivity contribution in [2.75, 3.05) is 0 Å². The van der Waals surface area contributed by atoms with Crippen molar-refractivity contribution in [2.24, 2.45) is 0 Å². The first-order valence-electron chi connectivity index (χ1n) is 4.33. The fourth-order valence-electron chi connectivity index (χ4n) is 1.39. The molecule has 0 unspecified atom stereocenters. The van der Waals surface area contributed by atoms with Crippen molar-refractivity contribution in [1.29, 1.82) is 0 Å². The van der Waals surface area contributed by atoms with Crippen LogP contribution in [0.15, 0.2) is 23.8 Å². The molecule has 0 N–H and O–H groups in total. The average molecular weight is 174 g/mol. The quantitative estimate of drug-likeness (QED) is 0.497. The van der Waals surface area contributed by atoms with E-state index in [-0.39, 0.29) is 0 Å². The Kier molecular flexibility index (Phi) is 3.02. The second-order valence-corrected chi connectivity index (χ2v) is 3.43. The number of carbonyl (C=O) groups excluding carboxylic acids is 1. The lowest BCUT2D eigenvalue weighted by atomic mass is 10.1. The number of aldehydes is 1. The third-order valence-electron chi connectivity index (χ3n) is 1.82. The molecule has 0 radical (unpaired) electrons. The van der Waals surface area contributed by atoms with Crippen molar-refractivity contribution in [1.82, 2.24) is 0 Å². The Labute approximate surface area is 79.1 Å². The van der Waals surface area contributed by atoms with Crippen LogP contribution in [0.2, 0.25) is 0 Å². The van der Waals surface area contributed by atoms with Gasteiger partial charge in [-0.3, -0.25) is 4.79 Å². The van der Waals surface area contributed by atoms with Gasteiger partial charge >= 0.3 is 0 Å². The van der Waals surface area contributed by atoms with Gasteiger partial charge in [0.2, 0.25) is 0 Å². The first kappa shape index (κ1) is 9.72. The first-order valence-corrected chi connectivity index (χ1v) is 4.33. The molecule has 13 heavy (non-hydrogen) atoms. The predicted molar refractivity (Wildman–Crippen MR) is 55.6 cm³/mol. The van der Waals surface area contributed by atoms with E-state index in [4.69, 9.17) is 0 Å². The lowest BCUT2D eigenvalue weighted by molar-refractivity contribution is -0.104. The van der Waals surface area contributed by atoms with Crippen molar-refractivity contribution in [2.45, 2.75) is 20.8 Å². The van der Waals surface area contributed by atoms with E-state index in [2.05, 4.69) is 32.0 Å². The van der Waals surface area contributed by atoms with Crippen molar-refractivity contribution in [3.8, 4) is 0 Å². The summed E-state index contributed by atoms with van der Waals surface area (Å²) in [7, 11) is 0. The fourth-order valence-corrected chi connectivity index (χ4v) is 1.39. The molecule has 1 rings (SSSR count). The summed E-state index contributed by atoms with van der Waals surface area (Å²) < 4.78 is 0. The van der Waals surface area contributed by atoms with Crippen LogP contribution in [-0.4, -0.2) is 6.29 Å². The number of benzene rings is 1. The van der Waals surface area contributed by atoms with Crippen LogP contribution >= 0.6 is 0 Å². The van der Waals surface area contributed by atoms with Crippen molar-refractivity contribution in [3.05, 3.63) is 40.5 Å². The Morgan fingerprint density at radius 3 is 2.15 bits per heavy atom. The van der Waals surface area contributed by atoms with E-state index >= 15 is 0 Å². The van der Waals surface area contributed by atoms with Gasteiger partial charge < -0.3 is 0 Å². The molecule has 0 amide bonds. The molecule has 0 aliphatic carbocycles. The highest BCUT2D eigenvalue weighted by Gasteiger charge is 1.93. The van der Waals surface area contributed by atoms with Gasteiger partial charge in [0.1, 0.15) is 6.29 Å². The summed E-state index contributed by atoms with van der Waals surface area (Å²) in [5, 5.41) is 0. The van der Waals surface area contributed by atoms with Gasteiger partial charge in [-0.1, -0.05) is 29.3 Å². The third kappa shape index (κ3) is 2.86. The standard InChI is InChI=1S/C12H14O/c1-9-4-10(2)6-12(5-9)7-11(3)8-13/h4-8H,1-3H3. The molecule has 0 bridgehead atoms. The molecule has 0 saturated carbocycles. The van der Waals surface area contributed by atoms with E-state index in [0.29, 0.717) is 0 Å².